The van der Waals surface area contributed by atoms with Crippen LogP contribution in [0.25, 0.3) is 0 Å². The van der Waals surface area contributed by atoms with Gasteiger partial charge in [-0.15, -0.1) is 24.0 Å². The molecular formula is C23H40IN5O. The van der Waals surface area contributed by atoms with Crippen molar-refractivity contribution in [3.05, 3.63) is 35.4 Å². The molecule has 6 nitrogen and oxygen atoms in total. The van der Waals surface area contributed by atoms with E-state index in [4.69, 9.17) is 0 Å². The van der Waals surface area contributed by atoms with Crippen LogP contribution in [0.1, 0.15) is 50.0 Å². The van der Waals surface area contributed by atoms with E-state index in [2.05, 4.69) is 53.5 Å². The Labute approximate surface area is 199 Å². The molecule has 0 radical (unpaired) electrons. The molecule has 7 heteroatoms. The van der Waals surface area contributed by atoms with Crippen molar-refractivity contribution in [2.75, 3.05) is 40.3 Å². The van der Waals surface area contributed by atoms with E-state index in [1.54, 1.807) is 14.1 Å². The van der Waals surface area contributed by atoms with Crippen LogP contribution in [0.2, 0.25) is 0 Å². The summed E-state index contributed by atoms with van der Waals surface area (Å²) in [5, 5.41) is 9.56. The molecule has 1 fully saturated rings. The number of hydrogen-bond acceptors (Lipinski definition) is 3. The van der Waals surface area contributed by atoms with Crippen molar-refractivity contribution in [3.63, 3.8) is 0 Å². The summed E-state index contributed by atoms with van der Waals surface area (Å²) in [6.07, 6.45) is 2.15. The van der Waals surface area contributed by atoms with Gasteiger partial charge in [-0.2, -0.15) is 0 Å². The summed E-state index contributed by atoms with van der Waals surface area (Å²) in [5.74, 6) is 2.27. The minimum Gasteiger partial charge on any atom is -0.356 e. The number of piperidine rings is 1. The lowest BCUT2D eigenvalue weighted by atomic mass is 9.88. The third-order valence-electron chi connectivity index (χ3n) is 5.76. The van der Waals surface area contributed by atoms with Gasteiger partial charge in [0.2, 0.25) is 0 Å². The van der Waals surface area contributed by atoms with Crippen molar-refractivity contribution in [3.8, 4) is 0 Å². The molecule has 1 amide bonds. The van der Waals surface area contributed by atoms with Gasteiger partial charge in [0, 0.05) is 51.4 Å². The molecule has 3 N–H and O–H groups in total. The van der Waals surface area contributed by atoms with Gasteiger partial charge in [-0.25, -0.2) is 0 Å². The number of nitrogens with one attached hydrogen (secondary N) is 3. The van der Waals surface area contributed by atoms with E-state index in [1.165, 1.54) is 6.42 Å². The molecule has 1 saturated heterocycles. The maximum atomic E-state index is 11.8. The van der Waals surface area contributed by atoms with Gasteiger partial charge in [-0.05, 0) is 56.2 Å². The number of benzene rings is 1. The van der Waals surface area contributed by atoms with Gasteiger partial charge < -0.3 is 16.0 Å². The van der Waals surface area contributed by atoms with Crippen LogP contribution in [0.4, 0.5) is 0 Å². The number of rotatable bonds is 7. The van der Waals surface area contributed by atoms with Gasteiger partial charge in [-0.3, -0.25) is 14.7 Å². The van der Waals surface area contributed by atoms with Crippen LogP contribution in [-0.4, -0.2) is 62.6 Å². The van der Waals surface area contributed by atoms with Crippen molar-refractivity contribution >= 4 is 35.8 Å². The fourth-order valence-corrected chi connectivity index (χ4v) is 4.13. The van der Waals surface area contributed by atoms with E-state index in [9.17, 15) is 4.79 Å². The lowest BCUT2D eigenvalue weighted by Crippen LogP contribution is -2.57. The normalized spacial score (nSPS) is 20.3. The predicted molar refractivity (Wildman–Crippen MR) is 137 cm³/mol. The number of carbonyl (C=O) groups excluding carboxylic acids is 1. The molecule has 1 aromatic rings. The van der Waals surface area contributed by atoms with Gasteiger partial charge in [0.25, 0.3) is 5.91 Å². The molecule has 0 aromatic heterocycles. The summed E-state index contributed by atoms with van der Waals surface area (Å²) in [6, 6.07) is 7.75. The first kappa shape index (κ1) is 26.7. The lowest BCUT2D eigenvalue weighted by molar-refractivity contribution is 0.0483. The van der Waals surface area contributed by atoms with Crippen LogP contribution in [0.5, 0.6) is 0 Å². The minimum absolute atomic E-state index is 0. The largest absolute Gasteiger partial charge is 0.356 e. The molecule has 170 valence electrons. The Bertz CT molecular complexity index is 697. The molecule has 0 aliphatic carbocycles. The Balaban J connectivity index is 0.00000450. The van der Waals surface area contributed by atoms with Crippen molar-refractivity contribution in [2.24, 2.45) is 16.8 Å². The molecule has 1 aliphatic rings. The Morgan fingerprint density at radius 1 is 1.20 bits per heavy atom. The number of amides is 1. The number of carbonyl (C=O) groups is 1. The Morgan fingerprint density at radius 2 is 1.87 bits per heavy atom. The van der Waals surface area contributed by atoms with Gasteiger partial charge in [-0.1, -0.05) is 26.0 Å². The number of aliphatic imine (C=N–C) groups is 1. The van der Waals surface area contributed by atoms with Gasteiger partial charge in [0.15, 0.2) is 5.96 Å². The predicted octanol–water partition coefficient (Wildman–Crippen LogP) is 3.13. The monoisotopic (exact) mass is 529 g/mol. The second-order valence-corrected chi connectivity index (χ2v) is 9.05. The van der Waals surface area contributed by atoms with E-state index in [-0.39, 0.29) is 35.4 Å². The van der Waals surface area contributed by atoms with Crippen molar-refractivity contribution < 1.29 is 4.79 Å². The van der Waals surface area contributed by atoms with Crippen molar-refractivity contribution in [2.45, 2.75) is 46.1 Å². The molecule has 2 rings (SSSR count). The van der Waals surface area contributed by atoms with Crippen LogP contribution >= 0.6 is 24.0 Å². The SMILES string of the molecule is CN=C(NCCc1cccc(C(=O)NC)c1)NCC(C)(C)N1CC(C)CC(C)C1.I. The zero-order valence-electron chi connectivity index (χ0n) is 19.4. The molecule has 1 aromatic carbocycles. The molecule has 30 heavy (non-hydrogen) atoms. The Morgan fingerprint density at radius 3 is 2.47 bits per heavy atom. The van der Waals surface area contributed by atoms with E-state index in [1.807, 2.05) is 24.3 Å². The molecule has 2 atom stereocenters. The molecule has 1 heterocycles. The summed E-state index contributed by atoms with van der Waals surface area (Å²) in [6.45, 7) is 13.2. The highest BCUT2D eigenvalue weighted by molar-refractivity contribution is 14.0. The van der Waals surface area contributed by atoms with E-state index >= 15 is 0 Å². The van der Waals surface area contributed by atoms with Gasteiger partial charge >= 0.3 is 0 Å². The number of halogens is 1. The summed E-state index contributed by atoms with van der Waals surface area (Å²) < 4.78 is 0. The average Bonchev–Trinajstić information content (AvgIpc) is 2.69. The first-order valence-electron chi connectivity index (χ1n) is 10.8. The fraction of sp³-hybridized carbons (Fsp3) is 0.652. The molecule has 0 spiro atoms. The van der Waals surface area contributed by atoms with Crippen LogP contribution in [0.3, 0.4) is 0 Å². The highest BCUT2D eigenvalue weighted by Crippen LogP contribution is 2.26. The van der Waals surface area contributed by atoms with Crippen LogP contribution in [0.15, 0.2) is 29.3 Å². The zero-order valence-corrected chi connectivity index (χ0v) is 21.7. The molecule has 0 bridgehead atoms. The third-order valence-corrected chi connectivity index (χ3v) is 5.76. The summed E-state index contributed by atoms with van der Waals surface area (Å²) in [7, 11) is 3.46. The summed E-state index contributed by atoms with van der Waals surface area (Å²) >= 11 is 0. The van der Waals surface area contributed by atoms with Crippen LogP contribution in [0, 0.1) is 11.8 Å². The Hall–Kier alpha value is -1.35. The lowest BCUT2D eigenvalue weighted by Gasteiger charge is -2.45. The van der Waals surface area contributed by atoms with Gasteiger partial charge in [0.05, 0.1) is 0 Å². The van der Waals surface area contributed by atoms with Crippen molar-refractivity contribution in [1.82, 2.24) is 20.9 Å². The van der Waals surface area contributed by atoms with Crippen LogP contribution < -0.4 is 16.0 Å². The highest BCUT2D eigenvalue weighted by atomic mass is 127. The Kier molecular flexibility index (Phi) is 11.1. The van der Waals surface area contributed by atoms with E-state index in [0.29, 0.717) is 5.56 Å². The smallest absolute Gasteiger partial charge is 0.251 e. The van der Waals surface area contributed by atoms with Crippen molar-refractivity contribution in [1.29, 1.82) is 0 Å². The quantitative estimate of drug-likeness (QED) is 0.289. The second kappa shape index (κ2) is 12.5. The standard InChI is InChI=1S/C23H39N5O.HI/c1-17-12-18(2)15-28(14-17)23(3,4)16-27-22(25-6)26-11-10-19-8-7-9-20(13-19)21(29)24-5;/h7-9,13,17-18H,10-12,14-16H2,1-6H3,(H,24,29)(H2,25,26,27);1H. The highest BCUT2D eigenvalue weighted by Gasteiger charge is 2.32. The first-order valence-corrected chi connectivity index (χ1v) is 10.8. The number of likely N-dealkylation sites (tertiary alicyclic amines) is 1. The third kappa shape index (κ3) is 8.06. The summed E-state index contributed by atoms with van der Waals surface area (Å²) in [4.78, 5) is 18.8. The van der Waals surface area contributed by atoms with E-state index in [0.717, 1.165) is 56.0 Å². The first-order chi connectivity index (χ1) is 13.7. The topological polar surface area (TPSA) is 68.8 Å². The molecule has 1 aliphatic heterocycles. The van der Waals surface area contributed by atoms with Crippen LogP contribution in [-0.2, 0) is 6.42 Å². The number of nitrogens with zero attached hydrogens (tertiary/aromatic N) is 2. The molecular weight excluding hydrogens is 489 g/mol. The molecule has 2 unspecified atom stereocenters. The number of guanidine groups is 1. The minimum atomic E-state index is -0.0548. The summed E-state index contributed by atoms with van der Waals surface area (Å²) in [5.41, 5.74) is 1.90. The zero-order chi connectivity index (χ0) is 21.4. The van der Waals surface area contributed by atoms with E-state index < -0.39 is 0 Å². The second-order valence-electron chi connectivity index (χ2n) is 9.05. The van der Waals surface area contributed by atoms with Gasteiger partial charge in [0.1, 0.15) is 0 Å². The maximum Gasteiger partial charge on any atom is 0.251 e. The fourth-order valence-electron chi connectivity index (χ4n) is 4.13. The average molecular weight is 530 g/mol. The maximum absolute atomic E-state index is 11.8. The molecule has 0 saturated carbocycles. The number of hydrogen-bond donors (Lipinski definition) is 3.